The van der Waals surface area contributed by atoms with E-state index >= 15 is 0 Å². The van der Waals surface area contributed by atoms with E-state index in [9.17, 15) is 21.8 Å². The summed E-state index contributed by atoms with van der Waals surface area (Å²) in [4.78, 5) is 15.9. The van der Waals surface area contributed by atoms with Crippen molar-refractivity contribution in [3.8, 4) is 0 Å². The maximum atomic E-state index is 13.3. The van der Waals surface area contributed by atoms with E-state index in [1.165, 1.54) is 0 Å². The standard InChI is InChI=1S/C8H9F2O6PS/c1-5-6(9)2-3-7(10)8(5)18(14,15)16-4-17(11,12)13/h2-3H,4H2,1H3,(H2,11,12,13). The molecule has 0 spiro atoms. The first kappa shape index (κ1) is 15.2. The summed E-state index contributed by atoms with van der Waals surface area (Å²) in [5.74, 6) is -2.24. The summed E-state index contributed by atoms with van der Waals surface area (Å²) in [6.07, 6.45) is -1.44. The lowest BCUT2D eigenvalue weighted by Gasteiger charge is -2.10. The predicted molar refractivity (Wildman–Crippen MR) is 56.3 cm³/mol. The molecule has 18 heavy (non-hydrogen) atoms. The van der Waals surface area contributed by atoms with Crippen molar-refractivity contribution in [2.24, 2.45) is 0 Å². The Balaban J connectivity index is 3.22. The zero-order chi connectivity index (χ0) is 14.1. The van der Waals surface area contributed by atoms with Crippen molar-refractivity contribution >= 4 is 17.7 Å². The molecular formula is C8H9F2O6PS. The van der Waals surface area contributed by atoms with Gasteiger partial charge < -0.3 is 9.79 Å². The molecule has 0 aliphatic carbocycles. The lowest BCUT2D eigenvalue weighted by Crippen LogP contribution is -2.12. The third-order valence-electron chi connectivity index (χ3n) is 1.92. The summed E-state index contributed by atoms with van der Waals surface area (Å²) in [5, 5.41) is 0. The number of hydrogen-bond acceptors (Lipinski definition) is 4. The first-order valence-corrected chi connectivity index (χ1v) is 7.64. The van der Waals surface area contributed by atoms with E-state index in [-0.39, 0.29) is 0 Å². The molecule has 102 valence electrons. The predicted octanol–water partition coefficient (Wildman–Crippen LogP) is 1.11. The van der Waals surface area contributed by atoms with Crippen LogP contribution in [0.2, 0.25) is 0 Å². The van der Waals surface area contributed by atoms with Crippen LogP contribution in [-0.4, -0.2) is 24.6 Å². The van der Waals surface area contributed by atoms with Crippen LogP contribution in [0.25, 0.3) is 0 Å². The molecule has 0 aliphatic rings. The molecule has 6 nitrogen and oxygen atoms in total. The molecule has 0 saturated heterocycles. The maximum Gasteiger partial charge on any atom is 0.352 e. The van der Waals surface area contributed by atoms with Crippen LogP contribution in [0.3, 0.4) is 0 Å². The van der Waals surface area contributed by atoms with Gasteiger partial charge in [-0.2, -0.15) is 8.42 Å². The molecule has 0 radical (unpaired) electrons. The number of hydrogen-bond donors (Lipinski definition) is 2. The minimum Gasteiger partial charge on any atom is -0.323 e. The average molecular weight is 302 g/mol. The Bertz CT molecular complexity index is 608. The molecule has 0 unspecified atom stereocenters. The molecule has 0 amide bonds. The van der Waals surface area contributed by atoms with Crippen molar-refractivity contribution in [2.45, 2.75) is 11.8 Å². The van der Waals surface area contributed by atoms with Crippen molar-refractivity contribution < 1.29 is 35.7 Å². The lowest BCUT2D eigenvalue weighted by atomic mass is 10.2. The first-order chi connectivity index (χ1) is 8.04. The molecule has 0 fully saturated rings. The van der Waals surface area contributed by atoms with Crippen LogP contribution in [0.15, 0.2) is 17.0 Å². The second-order valence-electron chi connectivity index (χ2n) is 3.35. The summed E-state index contributed by atoms with van der Waals surface area (Å²) in [7, 11) is -9.53. The molecule has 0 aliphatic heterocycles. The molecule has 0 saturated carbocycles. The van der Waals surface area contributed by atoms with Gasteiger partial charge in [0.2, 0.25) is 0 Å². The number of benzene rings is 1. The van der Waals surface area contributed by atoms with Crippen molar-refractivity contribution in [1.82, 2.24) is 0 Å². The molecule has 10 heteroatoms. The highest BCUT2D eigenvalue weighted by Gasteiger charge is 2.28. The number of halogens is 2. The van der Waals surface area contributed by atoms with Gasteiger partial charge in [0, 0.05) is 5.56 Å². The molecule has 0 bridgehead atoms. The Labute approximate surface area is 101 Å². The van der Waals surface area contributed by atoms with Crippen molar-refractivity contribution in [2.75, 3.05) is 6.35 Å². The van der Waals surface area contributed by atoms with Crippen LogP contribution in [0.5, 0.6) is 0 Å². The fourth-order valence-electron chi connectivity index (χ4n) is 1.14. The minimum absolute atomic E-state index is 0.527. The SMILES string of the molecule is Cc1c(F)ccc(F)c1S(=O)(=O)OCP(=O)(O)O. The summed E-state index contributed by atoms with van der Waals surface area (Å²) in [6, 6.07) is 1.31. The van der Waals surface area contributed by atoms with Gasteiger partial charge in [-0.25, -0.2) is 8.78 Å². The van der Waals surface area contributed by atoms with Gasteiger partial charge in [0.25, 0.3) is 0 Å². The maximum absolute atomic E-state index is 13.3. The molecule has 1 aromatic rings. The van der Waals surface area contributed by atoms with E-state index in [1.807, 2.05) is 0 Å². The zero-order valence-electron chi connectivity index (χ0n) is 9.00. The van der Waals surface area contributed by atoms with E-state index in [1.54, 1.807) is 0 Å². The van der Waals surface area contributed by atoms with E-state index in [0.29, 0.717) is 6.07 Å². The topological polar surface area (TPSA) is 101 Å². The van der Waals surface area contributed by atoms with Gasteiger partial charge in [-0.15, -0.1) is 0 Å². The second-order valence-corrected chi connectivity index (χ2v) is 6.49. The fourth-order valence-corrected chi connectivity index (χ4v) is 3.14. The quantitative estimate of drug-likeness (QED) is 0.638. The summed E-state index contributed by atoms with van der Waals surface area (Å²) < 4.78 is 63.9. The Morgan fingerprint density at radius 1 is 1.28 bits per heavy atom. The van der Waals surface area contributed by atoms with Gasteiger partial charge in [-0.05, 0) is 19.1 Å². The van der Waals surface area contributed by atoms with Crippen LogP contribution in [0.4, 0.5) is 8.78 Å². The number of rotatable bonds is 4. The van der Waals surface area contributed by atoms with Crippen molar-refractivity contribution in [1.29, 1.82) is 0 Å². The van der Waals surface area contributed by atoms with Crippen LogP contribution >= 0.6 is 7.60 Å². The third-order valence-corrected chi connectivity index (χ3v) is 3.99. The Hall–Kier alpha value is -0.860. The van der Waals surface area contributed by atoms with Crippen LogP contribution in [0.1, 0.15) is 5.56 Å². The van der Waals surface area contributed by atoms with Crippen molar-refractivity contribution in [3.63, 3.8) is 0 Å². The molecule has 1 rings (SSSR count). The van der Waals surface area contributed by atoms with Gasteiger partial charge in [0.15, 0.2) is 6.35 Å². The molecular weight excluding hydrogens is 293 g/mol. The van der Waals surface area contributed by atoms with Gasteiger partial charge in [0.05, 0.1) is 0 Å². The van der Waals surface area contributed by atoms with Gasteiger partial charge >= 0.3 is 17.7 Å². The summed E-state index contributed by atoms with van der Waals surface area (Å²) >= 11 is 0. The lowest BCUT2D eigenvalue weighted by molar-refractivity contribution is 0.299. The van der Waals surface area contributed by atoms with E-state index in [2.05, 4.69) is 4.18 Å². The largest absolute Gasteiger partial charge is 0.352 e. The molecule has 2 N–H and O–H groups in total. The highest BCUT2D eigenvalue weighted by molar-refractivity contribution is 7.87. The van der Waals surface area contributed by atoms with Crippen LogP contribution in [-0.2, 0) is 18.9 Å². The molecule has 0 atom stereocenters. The first-order valence-electron chi connectivity index (χ1n) is 4.43. The average Bonchev–Trinajstić information content (AvgIpc) is 2.20. The second kappa shape index (κ2) is 5.02. The molecule has 0 heterocycles. The molecule has 1 aromatic carbocycles. The normalized spacial score (nSPS) is 12.7. The van der Waals surface area contributed by atoms with Gasteiger partial charge in [0.1, 0.15) is 16.5 Å². The Morgan fingerprint density at radius 2 is 1.78 bits per heavy atom. The minimum atomic E-state index is -4.78. The summed E-state index contributed by atoms with van der Waals surface area (Å²) in [6.45, 7) is 1.01. The highest BCUT2D eigenvalue weighted by Crippen LogP contribution is 2.36. The highest BCUT2D eigenvalue weighted by atomic mass is 32.2. The van der Waals surface area contributed by atoms with Gasteiger partial charge in [-0.1, -0.05) is 0 Å². The fraction of sp³-hybridized carbons (Fsp3) is 0.250. The van der Waals surface area contributed by atoms with Crippen LogP contribution < -0.4 is 0 Å². The molecule has 0 aromatic heterocycles. The zero-order valence-corrected chi connectivity index (χ0v) is 10.7. The van der Waals surface area contributed by atoms with E-state index < -0.39 is 46.2 Å². The third kappa shape index (κ3) is 3.56. The van der Waals surface area contributed by atoms with Crippen LogP contribution in [0, 0.1) is 18.6 Å². The van der Waals surface area contributed by atoms with E-state index in [4.69, 9.17) is 9.79 Å². The monoisotopic (exact) mass is 302 g/mol. The summed E-state index contributed by atoms with van der Waals surface area (Å²) in [5.41, 5.74) is -0.527. The smallest absolute Gasteiger partial charge is 0.323 e. The van der Waals surface area contributed by atoms with Gasteiger partial charge in [-0.3, -0.25) is 8.75 Å². The van der Waals surface area contributed by atoms with E-state index in [0.717, 1.165) is 13.0 Å². The van der Waals surface area contributed by atoms with Crippen molar-refractivity contribution in [3.05, 3.63) is 29.3 Å². The Kier molecular flexibility index (Phi) is 4.24. The Morgan fingerprint density at radius 3 is 2.28 bits per heavy atom.